The van der Waals surface area contributed by atoms with Crippen LogP contribution in [0.3, 0.4) is 0 Å². The maximum atomic E-state index is 13.0. The lowest BCUT2D eigenvalue weighted by molar-refractivity contribution is -0.146. The molecule has 2 rings (SSSR count). The zero-order chi connectivity index (χ0) is 16.8. The topological polar surface area (TPSA) is 55.4 Å². The summed E-state index contributed by atoms with van der Waals surface area (Å²) in [4.78, 5) is 23.4. The number of carbonyl (C=O) groups is 2. The van der Waals surface area contributed by atoms with Crippen LogP contribution in [-0.2, 0) is 20.7 Å². The number of amides is 1. The average Bonchev–Trinajstić information content (AvgIpc) is 2.49. The van der Waals surface area contributed by atoms with E-state index >= 15 is 0 Å². The summed E-state index contributed by atoms with van der Waals surface area (Å²) in [5.41, 5.74) is 3.40. The highest BCUT2D eigenvalue weighted by Gasteiger charge is 2.09. The predicted molar refractivity (Wildman–Crippen MR) is 85.6 cm³/mol. The summed E-state index contributed by atoms with van der Waals surface area (Å²) in [7, 11) is 0. The number of esters is 1. The first-order valence-corrected chi connectivity index (χ1v) is 7.21. The summed E-state index contributed by atoms with van der Waals surface area (Å²) in [5, 5.41) is 2.46. The van der Waals surface area contributed by atoms with Gasteiger partial charge in [0.2, 0.25) is 0 Å². The molecular weight excluding hydrogens is 297 g/mol. The first-order valence-electron chi connectivity index (χ1n) is 7.21. The molecule has 120 valence electrons. The molecule has 0 saturated heterocycles. The fourth-order valence-corrected chi connectivity index (χ4v) is 2.04. The van der Waals surface area contributed by atoms with E-state index in [9.17, 15) is 14.0 Å². The summed E-state index contributed by atoms with van der Waals surface area (Å²) >= 11 is 0. The minimum Gasteiger partial charge on any atom is -0.455 e. The molecular formula is C18H18FNO3. The lowest BCUT2D eigenvalue weighted by Crippen LogP contribution is -2.21. The van der Waals surface area contributed by atoms with Crippen LogP contribution in [0.2, 0.25) is 0 Å². The van der Waals surface area contributed by atoms with Crippen molar-refractivity contribution in [3.05, 3.63) is 65.0 Å². The van der Waals surface area contributed by atoms with E-state index in [0.29, 0.717) is 5.69 Å². The molecule has 0 aliphatic carbocycles. The molecule has 0 fully saturated rings. The van der Waals surface area contributed by atoms with Gasteiger partial charge in [0.15, 0.2) is 6.61 Å². The van der Waals surface area contributed by atoms with Gasteiger partial charge in [0.05, 0.1) is 6.42 Å². The van der Waals surface area contributed by atoms with Crippen LogP contribution in [0.4, 0.5) is 10.1 Å². The third kappa shape index (κ3) is 5.21. The van der Waals surface area contributed by atoms with Crippen LogP contribution in [0.1, 0.15) is 16.7 Å². The van der Waals surface area contributed by atoms with Crippen molar-refractivity contribution in [1.29, 1.82) is 0 Å². The van der Waals surface area contributed by atoms with E-state index in [1.165, 1.54) is 18.2 Å². The Morgan fingerprint density at radius 2 is 1.87 bits per heavy atom. The Morgan fingerprint density at radius 1 is 1.09 bits per heavy atom. The Labute approximate surface area is 134 Å². The number of ether oxygens (including phenoxy) is 1. The summed E-state index contributed by atoms with van der Waals surface area (Å²) < 4.78 is 17.9. The van der Waals surface area contributed by atoms with Gasteiger partial charge >= 0.3 is 5.97 Å². The van der Waals surface area contributed by atoms with Crippen molar-refractivity contribution in [3.63, 3.8) is 0 Å². The first kappa shape index (κ1) is 16.7. The second-order valence-electron chi connectivity index (χ2n) is 5.31. The minimum absolute atomic E-state index is 0.106. The Kier molecular flexibility index (Phi) is 5.46. The van der Waals surface area contributed by atoms with Crippen molar-refractivity contribution in [3.8, 4) is 0 Å². The number of benzene rings is 2. The number of hydrogen-bond donors (Lipinski definition) is 1. The molecule has 2 aromatic carbocycles. The number of aryl methyl sites for hydroxylation is 2. The van der Waals surface area contributed by atoms with E-state index in [4.69, 9.17) is 4.74 Å². The molecule has 0 saturated carbocycles. The molecule has 4 nitrogen and oxygen atoms in total. The second kappa shape index (κ2) is 7.54. The zero-order valence-electron chi connectivity index (χ0n) is 13.1. The smallest absolute Gasteiger partial charge is 0.310 e. The minimum atomic E-state index is -0.510. The molecule has 1 N–H and O–H groups in total. The Balaban J connectivity index is 1.81. The van der Waals surface area contributed by atoms with Crippen LogP contribution in [0, 0.1) is 19.7 Å². The highest BCUT2D eigenvalue weighted by molar-refractivity contribution is 5.92. The van der Waals surface area contributed by atoms with Crippen molar-refractivity contribution >= 4 is 17.6 Å². The molecule has 0 atom stereocenters. The van der Waals surface area contributed by atoms with Crippen LogP contribution in [-0.4, -0.2) is 18.5 Å². The van der Waals surface area contributed by atoms with E-state index in [2.05, 4.69) is 5.32 Å². The van der Waals surface area contributed by atoms with E-state index < -0.39 is 24.3 Å². The highest BCUT2D eigenvalue weighted by Crippen LogP contribution is 2.11. The zero-order valence-corrected chi connectivity index (χ0v) is 13.1. The standard InChI is InChI=1S/C18H18FNO3/c1-12-6-7-14(8-13(12)2)9-18(22)23-11-17(21)20-16-5-3-4-15(19)10-16/h3-8,10H,9,11H2,1-2H3,(H,20,21). The molecule has 0 spiro atoms. The third-order valence-electron chi connectivity index (χ3n) is 3.39. The van der Waals surface area contributed by atoms with Crippen LogP contribution in [0.5, 0.6) is 0 Å². The van der Waals surface area contributed by atoms with Gasteiger partial charge in [-0.15, -0.1) is 0 Å². The molecule has 0 bridgehead atoms. The van der Waals surface area contributed by atoms with Gasteiger partial charge < -0.3 is 10.1 Å². The van der Waals surface area contributed by atoms with Crippen LogP contribution in [0.15, 0.2) is 42.5 Å². The molecule has 1 amide bonds. The number of carbonyl (C=O) groups excluding carboxylic acids is 2. The molecule has 0 unspecified atom stereocenters. The van der Waals surface area contributed by atoms with Crippen molar-refractivity contribution in [2.24, 2.45) is 0 Å². The Bertz CT molecular complexity index is 728. The molecule has 0 aliphatic rings. The SMILES string of the molecule is Cc1ccc(CC(=O)OCC(=O)Nc2cccc(F)c2)cc1C. The van der Waals surface area contributed by atoms with E-state index in [0.717, 1.165) is 16.7 Å². The fraction of sp³-hybridized carbons (Fsp3) is 0.222. The summed E-state index contributed by atoms with van der Waals surface area (Å²) in [6.45, 7) is 3.56. The number of halogens is 1. The molecule has 0 aromatic heterocycles. The van der Waals surface area contributed by atoms with Gasteiger partial charge in [-0.1, -0.05) is 24.3 Å². The van der Waals surface area contributed by atoms with Gasteiger partial charge in [0, 0.05) is 5.69 Å². The third-order valence-corrected chi connectivity index (χ3v) is 3.39. The summed E-state index contributed by atoms with van der Waals surface area (Å²) in [6.07, 6.45) is 0.106. The van der Waals surface area contributed by atoms with Crippen LogP contribution < -0.4 is 5.32 Å². The second-order valence-corrected chi connectivity index (χ2v) is 5.31. The van der Waals surface area contributed by atoms with Crippen molar-refractivity contribution in [2.75, 3.05) is 11.9 Å². The maximum absolute atomic E-state index is 13.0. The molecule has 0 aliphatic heterocycles. The maximum Gasteiger partial charge on any atom is 0.310 e. The summed E-state index contributed by atoms with van der Waals surface area (Å²) in [6, 6.07) is 11.2. The lowest BCUT2D eigenvalue weighted by atomic mass is 10.0. The largest absolute Gasteiger partial charge is 0.455 e. The van der Waals surface area contributed by atoms with E-state index in [1.807, 2.05) is 32.0 Å². The normalized spacial score (nSPS) is 10.2. The predicted octanol–water partition coefficient (Wildman–Crippen LogP) is 3.17. The Hall–Kier alpha value is -2.69. The van der Waals surface area contributed by atoms with Gasteiger partial charge in [-0.05, 0) is 48.7 Å². The van der Waals surface area contributed by atoms with Gasteiger partial charge in [0.1, 0.15) is 5.82 Å². The highest BCUT2D eigenvalue weighted by atomic mass is 19.1. The Morgan fingerprint density at radius 3 is 2.57 bits per heavy atom. The van der Waals surface area contributed by atoms with Gasteiger partial charge in [-0.3, -0.25) is 9.59 Å². The average molecular weight is 315 g/mol. The molecule has 23 heavy (non-hydrogen) atoms. The number of hydrogen-bond acceptors (Lipinski definition) is 3. The fourth-order valence-electron chi connectivity index (χ4n) is 2.04. The van der Waals surface area contributed by atoms with E-state index in [1.54, 1.807) is 6.07 Å². The molecule has 0 radical (unpaired) electrons. The number of rotatable bonds is 5. The van der Waals surface area contributed by atoms with Crippen LogP contribution >= 0.6 is 0 Å². The molecule has 2 aromatic rings. The number of nitrogens with one attached hydrogen (secondary N) is 1. The monoisotopic (exact) mass is 315 g/mol. The lowest BCUT2D eigenvalue weighted by Gasteiger charge is -2.08. The first-order chi connectivity index (χ1) is 10.9. The van der Waals surface area contributed by atoms with E-state index in [-0.39, 0.29) is 6.42 Å². The van der Waals surface area contributed by atoms with Gasteiger partial charge in [-0.2, -0.15) is 0 Å². The molecule has 5 heteroatoms. The quantitative estimate of drug-likeness (QED) is 0.862. The van der Waals surface area contributed by atoms with Gasteiger partial charge in [-0.25, -0.2) is 4.39 Å². The molecule has 0 heterocycles. The number of anilines is 1. The van der Waals surface area contributed by atoms with Gasteiger partial charge in [0.25, 0.3) is 5.91 Å². The van der Waals surface area contributed by atoms with Crippen molar-refractivity contribution in [2.45, 2.75) is 20.3 Å². The van der Waals surface area contributed by atoms with Crippen LogP contribution in [0.25, 0.3) is 0 Å². The van der Waals surface area contributed by atoms with Crippen molar-refractivity contribution in [1.82, 2.24) is 0 Å². The van der Waals surface area contributed by atoms with Crippen molar-refractivity contribution < 1.29 is 18.7 Å². The summed E-state index contributed by atoms with van der Waals surface area (Å²) in [5.74, 6) is -1.44.